The molecular weight excluding hydrogens is 246 g/mol. The minimum atomic E-state index is 0.0740. The summed E-state index contributed by atoms with van der Waals surface area (Å²) in [5.74, 6) is 0.0740. The highest BCUT2D eigenvalue weighted by Gasteiger charge is 2.05. The summed E-state index contributed by atoms with van der Waals surface area (Å²) in [6.07, 6.45) is 0. The average molecular weight is 260 g/mol. The van der Waals surface area contributed by atoms with Crippen molar-refractivity contribution in [3.8, 4) is 0 Å². The Morgan fingerprint density at radius 2 is 1.89 bits per heavy atom. The third-order valence-corrected chi connectivity index (χ3v) is 2.96. The Kier molecular flexibility index (Phi) is 4.00. The Hall–Kier alpha value is -1.80. The summed E-state index contributed by atoms with van der Waals surface area (Å²) in [6.45, 7) is 2.24. The predicted octanol–water partition coefficient (Wildman–Crippen LogP) is 3.94. The molecule has 0 aliphatic heterocycles. The van der Waals surface area contributed by atoms with E-state index in [-0.39, 0.29) is 12.3 Å². The SMILES string of the molecule is Cc1cc(Cl)ccc1NCC(=O)c1ccccc1. The van der Waals surface area contributed by atoms with Crippen LogP contribution in [-0.2, 0) is 0 Å². The standard InChI is InChI=1S/C15H14ClNO/c1-11-9-13(16)7-8-14(11)17-10-15(18)12-5-3-2-4-6-12/h2-9,17H,10H2,1H3. The number of rotatable bonds is 4. The zero-order valence-corrected chi connectivity index (χ0v) is 10.9. The van der Waals surface area contributed by atoms with E-state index in [0.717, 1.165) is 16.8 Å². The van der Waals surface area contributed by atoms with Crippen LogP contribution in [0.4, 0.5) is 5.69 Å². The summed E-state index contributed by atoms with van der Waals surface area (Å²) in [6, 6.07) is 14.8. The zero-order chi connectivity index (χ0) is 13.0. The lowest BCUT2D eigenvalue weighted by Gasteiger charge is -2.09. The molecule has 0 aromatic heterocycles. The van der Waals surface area contributed by atoms with E-state index in [2.05, 4.69) is 5.32 Å². The van der Waals surface area contributed by atoms with Crippen LogP contribution in [-0.4, -0.2) is 12.3 Å². The number of carbonyl (C=O) groups is 1. The second-order valence-corrected chi connectivity index (χ2v) is 4.54. The van der Waals surface area contributed by atoms with Crippen LogP contribution < -0.4 is 5.32 Å². The van der Waals surface area contributed by atoms with E-state index in [1.54, 1.807) is 0 Å². The lowest BCUT2D eigenvalue weighted by Crippen LogP contribution is -2.14. The zero-order valence-electron chi connectivity index (χ0n) is 10.1. The molecular formula is C15H14ClNO. The highest BCUT2D eigenvalue weighted by atomic mass is 35.5. The van der Waals surface area contributed by atoms with Crippen LogP contribution in [0.25, 0.3) is 0 Å². The van der Waals surface area contributed by atoms with Gasteiger partial charge in [-0.25, -0.2) is 0 Å². The van der Waals surface area contributed by atoms with E-state index in [1.807, 2.05) is 55.5 Å². The molecule has 0 fully saturated rings. The third kappa shape index (κ3) is 3.11. The molecule has 0 aliphatic rings. The molecule has 0 saturated carbocycles. The minimum Gasteiger partial charge on any atom is -0.377 e. The molecule has 0 unspecified atom stereocenters. The summed E-state index contributed by atoms with van der Waals surface area (Å²) < 4.78 is 0. The molecule has 0 heterocycles. The number of ketones is 1. The van der Waals surface area contributed by atoms with E-state index in [0.29, 0.717) is 5.02 Å². The Bertz CT molecular complexity index is 552. The van der Waals surface area contributed by atoms with E-state index < -0.39 is 0 Å². The fraction of sp³-hybridized carbons (Fsp3) is 0.133. The number of Topliss-reactive ketones (excluding diaryl/α,β-unsaturated/α-hetero) is 1. The van der Waals surface area contributed by atoms with Gasteiger partial charge in [0.1, 0.15) is 0 Å². The number of hydrogen-bond donors (Lipinski definition) is 1. The van der Waals surface area contributed by atoms with Gasteiger partial charge in [-0.1, -0.05) is 41.9 Å². The molecule has 0 atom stereocenters. The van der Waals surface area contributed by atoms with E-state index in [1.165, 1.54) is 0 Å². The first-order valence-corrected chi connectivity index (χ1v) is 6.13. The Labute approximate surface area is 112 Å². The van der Waals surface area contributed by atoms with Gasteiger partial charge < -0.3 is 5.32 Å². The summed E-state index contributed by atoms with van der Waals surface area (Å²) in [7, 11) is 0. The molecule has 18 heavy (non-hydrogen) atoms. The fourth-order valence-electron chi connectivity index (χ4n) is 1.73. The van der Waals surface area contributed by atoms with Crippen molar-refractivity contribution < 1.29 is 4.79 Å². The van der Waals surface area contributed by atoms with Crippen molar-refractivity contribution >= 4 is 23.1 Å². The van der Waals surface area contributed by atoms with Gasteiger partial charge in [0, 0.05) is 16.3 Å². The first-order valence-electron chi connectivity index (χ1n) is 5.75. The Balaban J connectivity index is 2.02. The molecule has 0 spiro atoms. The quantitative estimate of drug-likeness (QED) is 0.843. The molecule has 0 bridgehead atoms. The normalized spacial score (nSPS) is 10.1. The van der Waals surface area contributed by atoms with Crippen molar-refractivity contribution in [3.05, 3.63) is 64.7 Å². The molecule has 0 amide bonds. The minimum absolute atomic E-state index is 0.0740. The monoisotopic (exact) mass is 259 g/mol. The number of aryl methyl sites for hydroxylation is 1. The number of hydrogen-bond acceptors (Lipinski definition) is 2. The van der Waals surface area contributed by atoms with E-state index in [9.17, 15) is 4.79 Å². The van der Waals surface area contributed by atoms with Gasteiger partial charge in [-0.3, -0.25) is 4.79 Å². The molecule has 92 valence electrons. The fourth-order valence-corrected chi connectivity index (χ4v) is 1.95. The molecule has 0 saturated heterocycles. The van der Waals surface area contributed by atoms with Crippen molar-refractivity contribution in [1.29, 1.82) is 0 Å². The highest BCUT2D eigenvalue weighted by Crippen LogP contribution is 2.19. The van der Waals surface area contributed by atoms with Crippen molar-refractivity contribution in [3.63, 3.8) is 0 Å². The Morgan fingerprint density at radius 3 is 2.56 bits per heavy atom. The van der Waals surface area contributed by atoms with Crippen molar-refractivity contribution in [2.45, 2.75) is 6.92 Å². The molecule has 1 N–H and O–H groups in total. The van der Waals surface area contributed by atoms with Gasteiger partial charge in [0.15, 0.2) is 5.78 Å². The smallest absolute Gasteiger partial charge is 0.181 e. The van der Waals surface area contributed by atoms with Gasteiger partial charge in [0.2, 0.25) is 0 Å². The predicted molar refractivity (Wildman–Crippen MR) is 75.5 cm³/mol. The van der Waals surface area contributed by atoms with Crippen LogP contribution in [0.2, 0.25) is 5.02 Å². The molecule has 2 nitrogen and oxygen atoms in total. The van der Waals surface area contributed by atoms with Gasteiger partial charge in [-0.05, 0) is 30.7 Å². The van der Waals surface area contributed by atoms with Gasteiger partial charge in [0.05, 0.1) is 6.54 Å². The van der Waals surface area contributed by atoms with Crippen LogP contribution in [0.5, 0.6) is 0 Å². The van der Waals surface area contributed by atoms with Crippen molar-refractivity contribution in [1.82, 2.24) is 0 Å². The average Bonchev–Trinajstić information content (AvgIpc) is 2.38. The molecule has 2 aromatic carbocycles. The maximum Gasteiger partial charge on any atom is 0.181 e. The van der Waals surface area contributed by atoms with Crippen LogP contribution in [0.15, 0.2) is 48.5 Å². The summed E-state index contributed by atoms with van der Waals surface area (Å²) in [5.41, 5.74) is 2.68. The first kappa shape index (κ1) is 12.7. The first-order chi connectivity index (χ1) is 8.66. The van der Waals surface area contributed by atoms with Crippen LogP contribution in [0.3, 0.4) is 0 Å². The summed E-state index contributed by atoms with van der Waals surface area (Å²) in [4.78, 5) is 11.9. The summed E-state index contributed by atoms with van der Waals surface area (Å²) in [5, 5.41) is 3.83. The van der Waals surface area contributed by atoms with E-state index in [4.69, 9.17) is 11.6 Å². The van der Waals surface area contributed by atoms with E-state index >= 15 is 0 Å². The Morgan fingerprint density at radius 1 is 1.17 bits per heavy atom. The lowest BCUT2D eigenvalue weighted by atomic mass is 10.1. The number of anilines is 1. The number of benzene rings is 2. The van der Waals surface area contributed by atoms with Gasteiger partial charge in [-0.15, -0.1) is 0 Å². The van der Waals surface area contributed by atoms with Crippen molar-refractivity contribution in [2.75, 3.05) is 11.9 Å². The molecule has 3 heteroatoms. The second kappa shape index (κ2) is 5.69. The van der Waals surface area contributed by atoms with Crippen LogP contribution >= 0.6 is 11.6 Å². The molecule has 2 rings (SSSR count). The number of carbonyl (C=O) groups excluding carboxylic acids is 1. The topological polar surface area (TPSA) is 29.1 Å². The highest BCUT2D eigenvalue weighted by molar-refractivity contribution is 6.30. The maximum atomic E-state index is 11.9. The van der Waals surface area contributed by atoms with Crippen molar-refractivity contribution in [2.24, 2.45) is 0 Å². The van der Waals surface area contributed by atoms with Crippen LogP contribution in [0, 0.1) is 6.92 Å². The van der Waals surface area contributed by atoms with Crippen LogP contribution in [0.1, 0.15) is 15.9 Å². The number of halogens is 1. The lowest BCUT2D eigenvalue weighted by molar-refractivity contribution is 0.101. The largest absolute Gasteiger partial charge is 0.377 e. The van der Waals surface area contributed by atoms with Gasteiger partial charge >= 0.3 is 0 Å². The molecule has 0 aliphatic carbocycles. The van der Waals surface area contributed by atoms with Gasteiger partial charge in [-0.2, -0.15) is 0 Å². The summed E-state index contributed by atoms with van der Waals surface area (Å²) >= 11 is 5.88. The number of nitrogens with one attached hydrogen (secondary N) is 1. The van der Waals surface area contributed by atoms with Gasteiger partial charge in [0.25, 0.3) is 0 Å². The molecule has 0 radical (unpaired) electrons. The third-order valence-electron chi connectivity index (χ3n) is 2.72. The maximum absolute atomic E-state index is 11.9. The molecule has 2 aromatic rings. The second-order valence-electron chi connectivity index (χ2n) is 4.10.